The molecule has 1 heterocycles. The molecule has 0 amide bonds. The molecule has 1 aliphatic heterocycles. The molecule has 1 nitrogen and oxygen atoms in total. The van der Waals surface area contributed by atoms with Crippen LogP contribution in [0.3, 0.4) is 0 Å². The third-order valence-corrected chi connectivity index (χ3v) is 9.96. The maximum absolute atomic E-state index is 7.04. The lowest BCUT2D eigenvalue weighted by molar-refractivity contribution is 0.437. The van der Waals surface area contributed by atoms with Crippen LogP contribution in [0, 0.1) is 6.92 Å². The molecule has 6 aromatic carbocycles. The van der Waals surface area contributed by atoms with Gasteiger partial charge in [-0.15, -0.1) is 0 Å². The van der Waals surface area contributed by atoms with E-state index >= 15 is 0 Å². The SMILES string of the molecule is Cc1cc(-c2cccc3c2C(C)(C)c2ccccc2-3)c2c(c1)C1(c3ccccc3O2)c2ccccc2-c2ccccc21. The van der Waals surface area contributed by atoms with E-state index in [0.29, 0.717) is 0 Å². The molecule has 0 N–H and O–H groups in total. The zero-order valence-corrected chi connectivity index (χ0v) is 24.0. The Morgan fingerprint density at radius 1 is 0.452 bits per heavy atom. The van der Waals surface area contributed by atoms with Crippen molar-refractivity contribution in [1.29, 1.82) is 0 Å². The van der Waals surface area contributed by atoms with Crippen molar-refractivity contribution in [3.63, 3.8) is 0 Å². The average molecular weight is 539 g/mol. The predicted octanol–water partition coefficient (Wildman–Crippen LogP) is 10.4. The third kappa shape index (κ3) is 2.79. The number of para-hydroxylation sites is 1. The maximum Gasteiger partial charge on any atom is 0.140 e. The minimum Gasteiger partial charge on any atom is -0.456 e. The number of ether oxygens (including phenoxy) is 1. The Hall–Kier alpha value is -4.88. The Bertz CT molecular complexity index is 2070. The number of fused-ring (bicyclic) bond motifs is 12. The third-order valence-electron chi connectivity index (χ3n) is 9.96. The summed E-state index contributed by atoms with van der Waals surface area (Å²) < 4.78 is 7.04. The molecule has 3 aliphatic rings. The number of hydrogen-bond donors (Lipinski definition) is 0. The van der Waals surface area contributed by atoms with Crippen LogP contribution in [0.4, 0.5) is 0 Å². The Balaban J connectivity index is 1.42. The van der Waals surface area contributed by atoms with Crippen LogP contribution in [0.2, 0.25) is 0 Å². The summed E-state index contributed by atoms with van der Waals surface area (Å²) in [5.74, 6) is 1.89. The normalized spacial score (nSPS) is 15.6. The molecule has 0 atom stereocenters. The molecule has 1 heteroatoms. The van der Waals surface area contributed by atoms with E-state index in [2.05, 4.69) is 148 Å². The summed E-state index contributed by atoms with van der Waals surface area (Å²) in [6.45, 7) is 6.96. The van der Waals surface area contributed by atoms with Gasteiger partial charge in [-0.2, -0.15) is 0 Å². The number of rotatable bonds is 1. The van der Waals surface area contributed by atoms with Crippen LogP contribution in [-0.2, 0) is 10.8 Å². The molecule has 0 saturated heterocycles. The quantitative estimate of drug-likeness (QED) is 0.202. The molecule has 6 aromatic rings. The van der Waals surface area contributed by atoms with Crippen molar-refractivity contribution in [2.24, 2.45) is 0 Å². The molecule has 42 heavy (non-hydrogen) atoms. The van der Waals surface area contributed by atoms with Crippen molar-refractivity contribution in [2.45, 2.75) is 31.6 Å². The molecule has 1 spiro atoms. The molecule has 0 aromatic heterocycles. The monoisotopic (exact) mass is 538 g/mol. The average Bonchev–Trinajstić information content (AvgIpc) is 3.45. The van der Waals surface area contributed by atoms with Gasteiger partial charge in [-0.3, -0.25) is 0 Å². The second-order valence-electron chi connectivity index (χ2n) is 12.5. The minimum atomic E-state index is -0.464. The van der Waals surface area contributed by atoms with Crippen LogP contribution in [0.15, 0.2) is 127 Å². The number of hydrogen-bond acceptors (Lipinski definition) is 1. The highest BCUT2D eigenvalue weighted by molar-refractivity contribution is 5.93. The molecule has 0 saturated carbocycles. The van der Waals surface area contributed by atoms with Gasteiger partial charge in [-0.1, -0.05) is 129 Å². The van der Waals surface area contributed by atoms with Gasteiger partial charge in [0.05, 0.1) is 5.41 Å². The van der Waals surface area contributed by atoms with Gasteiger partial charge >= 0.3 is 0 Å². The zero-order valence-electron chi connectivity index (χ0n) is 24.0. The van der Waals surface area contributed by atoms with Gasteiger partial charge in [0.15, 0.2) is 0 Å². The molecular formula is C41H30O. The Labute approximate surface area is 247 Å². The predicted molar refractivity (Wildman–Crippen MR) is 172 cm³/mol. The minimum absolute atomic E-state index is 0.129. The smallest absolute Gasteiger partial charge is 0.140 e. The van der Waals surface area contributed by atoms with E-state index in [0.717, 1.165) is 11.5 Å². The fourth-order valence-electron chi connectivity index (χ4n) is 8.37. The summed E-state index contributed by atoms with van der Waals surface area (Å²) in [5.41, 5.74) is 16.2. The zero-order chi connectivity index (χ0) is 28.2. The van der Waals surface area contributed by atoms with E-state index in [9.17, 15) is 0 Å². The summed E-state index contributed by atoms with van der Waals surface area (Å²) in [7, 11) is 0. The van der Waals surface area contributed by atoms with Crippen molar-refractivity contribution in [3.8, 4) is 44.9 Å². The molecule has 0 unspecified atom stereocenters. The molecule has 9 rings (SSSR count). The van der Waals surface area contributed by atoms with Crippen molar-refractivity contribution in [1.82, 2.24) is 0 Å². The van der Waals surface area contributed by atoms with Gasteiger partial charge < -0.3 is 4.74 Å². The highest BCUT2D eigenvalue weighted by Gasteiger charge is 2.51. The summed E-state index contributed by atoms with van der Waals surface area (Å²) in [6.07, 6.45) is 0. The van der Waals surface area contributed by atoms with Crippen molar-refractivity contribution in [2.75, 3.05) is 0 Å². The Morgan fingerprint density at radius 2 is 0.952 bits per heavy atom. The van der Waals surface area contributed by atoms with E-state index in [1.165, 1.54) is 72.3 Å². The summed E-state index contributed by atoms with van der Waals surface area (Å²) in [6, 6.07) is 46.9. The van der Waals surface area contributed by atoms with Crippen molar-refractivity contribution < 1.29 is 4.74 Å². The van der Waals surface area contributed by atoms with E-state index in [1.807, 2.05) is 0 Å². The lowest BCUT2D eigenvalue weighted by Gasteiger charge is -2.40. The molecular weight excluding hydrogens is 508 g/mol. The van der Waals surface area contributed by atoms with Crippen molar-refractivity contribution >= 4 is 0 Å². The summed E-state index contributed by atoms with van der Waals surface area (Å²) in [4.78, 5) is 0. The number of benzene rings is 6. The first-order valence-electron chi connectivity index (χ1n) is 14.9. The van der Waals surface area contributed by atoms with Crippen LogP contribution < -0.4 is 4.74 Å². The van der Waals surface area contributed by atoms with Crippen LogP contribution in [0.25, 0.3) is 33.4 Å². The van der Waals surface area contributed by atoms with Gasteiger partial charge in [-0.25, -0.2) is 0 Å². The first kappa shape index (κ1) is 23.8. The Morgan fingerprint density at radius 3 is 1.62 bits per heavy atom. The molecule has 2 aliphatic carbocycles. The van der Waals surface area contributed by atoms with Gasteiger partial charge in [0.2, 0.25) is 0 Å². The largest absolute Gasteiger partial charge is 0.456 e. The fourth-order valence-corrected chi connectivity index (χ4v) is 8.37. The van der Waals surface area contributed by atoms with Gasteiger partial charge in [-0.05, 0) is 74.7 Å². The van der Waals surface area contributed by atoms with Gasteiger partial charge in [0.1, 0.15) is 11.5 Å². The van der Waals surface area contributed by atoms with E-state index in [-0.39, 0.29) is 5.41 Å². The van der Waals surface area contributed by atoms with Gasteiger partial charge in [0.25, 0.3) is 0 Å². The summed E-state index contributed by atoms with van der Waals surface area (Å²) in [5, 5.41) is 0. The van der Waals surface area contributed by atoms with Crippen LogP contribution in [0.5, 0.6) is 11.5 Å². The molecule has 200 valence electrons. The lowest BCUT2D eigenvalue weighted by atomic mass is 9.65. The highest BCUT2D eigenvalue weighted by atomic mass is 16.5. The van der Waals surface area contributed by atoms with Crippen LogP contribution in [0.1, 0.15) is 52.8 Å². The first-order chi connectivity index (χ1) is 20.5. The Kier molecular flexibility index (Phi) is 4.59. The van der Waals surface area contributed by atoms with Crippen LogP contribution >= 0.6 is 0 Å². The molecule has 0 bridgehead atoms. The highest BCUT2D eigenvalue weighted by Crippen LogP contribution is 2.64. The molecule has 0 fully saturated rings. The standard InChI is InChI=1S/C41H30O/c1-25-23-31(30-17-12-16-29-28-15-4-7-18-32(28)40(2,3)38(29)30)39-36(24-25)41(35-21-10-11-22-37(35)42-39)33-19-8-5-13-26(33)27-14-6-9-20-34(27)41/h4-24H,1-3H3. The second-order valence-corrected chi connectivity index (χ2v) is 12.5. The van der Waals surface area contributed by atoms with Gasteiger partial charge in [0, 0.05) is 22.1 Å². The van der Waals surface area contributed by atoms with Crippen LogP contribution in [-0.4, -0.2) is 0 Å². The number of aryl methyl sites for hydroxylation is 1. The maximum atomic E-state index is 7.04. The topological polar surface area (TPSA) is 9.23 Å². The first-order valence-corrected chi connectivity index (χ1v) is 14.9. The van der Waals surface area contributed by atoms with E-state index < -0.39 is 5.41 Å². The van der Waals surface area contributed by atoms with Crippen molar-refractivity contribution in [3.05, 3.63) is 166 Å². The van der Waals surface area contributed by atoms with E-state index in [4.69, 9.17) is 4.74 Å². The summed E-state index contributed by atoms with van der Waals surface area (Å²) >= 11 is 0. The van der Waals surface area contributed by atoms with E-state index in [1.54, 1.807) is 0 Å². The second kappa shape index (κ2) is 8.11. The molecule has 0 radical (unpaired) electrons. The lowest BCUT2D eigenvalue weighted by Crippen LogP contribution is -2.32. The fraction of sp³-hybridized carbons (Fsp3) is 0.122.